The third-order valence-electron chi connectivity index (χ3n) is 1.16. The van der Waals surface area contributed by atoms with Crippen molar-refractivity contribution in [1.29, 1.82) is 0 Å². The van der Waals surface area contributed by atoms with Crippen molar-refractivity contribution in [2.45, 2.75) is 5.79 Å². The van der Waals surface area contributed by atoms with Crippen molar-refractivity contribution in [3.63, 3.8) is 0 Å². The molecule has 0 aromatic rings. The van der Waals surface area contributed by atoms with Gasteiger partial charge in [0.1, 0.15) is 5.79 Å². The zero-order chi connectivity index (χ0) is 6.78. The van der Waals surface area contributed by atoms with Crippen LogP contribution in [0, 0.1) is 0 Å². The van der Waals surface area contributed by atoms with Gasteiger partial charge in [0.15, 0.2) is 0 Å². The average Bonchev–Trinajstić information content (AvgIpc) is 1.67. The predicted molar refractivity (Wildman–Crippen MR) is 33.8 cm³/mol. The minimum Gasteiger partial charge on any atom is -0.326 e. The Morgan fingerprint density at radius 2 is 1.75 bits per heavy atom. The van der Waals surface area contributed by atoms with E-state index < -0.39 is 5.79 Å². The first-order valence-corrected chi connectivity index (χ1v) is 2.46. The Labute approximate surface area is 49.6 Å². The lowest BCUT2D eigenvalue weighted by Crippen LogP contribution is -2.64. The fraction of sp³-hybridized carbons (Fsp3) is 1.00. The summed E-state index contributed by atoms with van der Waals surface area (Å²) in [7, 11) is 3.57. The van der Waals surface area contributed by atoms with Crippen LogP contribution in [0.1, 0.15) is 0 Å². The molecule has 0 aromatic heterocycles. The maximum atomic E-state index is 5.44. The van der Waals surface area contributed by atoms with Gasteiger partial charge in [0.2, 0.25) is 0 Å². The van der Waals surface area contributed by atoms with Crippen molar-refractivity contribution in [3.8, 4) is 0 Å². The average molecular weight is 118 g/mol. The van der Waals surface area contributed by atoms with Gasteiger partial charge < -0.3 is 5.73 Å². The van der Waals surface area contributed by atoms with Gasteiger partial charge in [-0.15, -0.1) is 0 Å². The fourth-order valence-corrected chi connectivity index (χ4v) is 0.183. The SMILES string of the molecule is CN(C)C(N)(N)CN. The molecule has 0 unspecified atom stereocenters. The summed E-state index contributed by atoms with van der Waals surface area (Å²) in [4.78, 5) is 1.67. The standard InChI is InChI=1S/C4H14N4/c1-8(2)4(6,7)3-5/h3,5-7H2,1-2H3. The van der Waals surface area contributed by atoms with Gasteiger partial charge in [0, 0.05) is 6.54 Å². The summed E-state index contributed by atoms with van der Waals surface area (Å²) >= 11 is 0. The van der Waals surface area contributed by atoms with E-state index in [0.29, 0.717) is 0 Å². The van der Waals surface area contributed by atoms with Crippen molar-refractivity contribution >= 4 is 0 Å². The van der Waals surface area contributed by atoms with Crippen LogP contribution in [0.4, 0.5) is 0 Å². The van der Waals surface area contributed by atoms with Crippen molar-refractivity contribution in [1.82, 2.24) is 4.90 Å². The van der Waals surface area contributed by atoms with Crippen molar-refractivity contribution in [3.05, 3.63) is 0 Å². The lowest BCUT2D eigenvalue weighted by atomic mass is 10.3. The van der Waals surface area contributed by atoms with Gasteiger partial charge in [-0.25, -0.2) is 0 Å². The van der Waals surface area contributed by atoms with Crippen LogP contribution in [-0.2, 0) is 0 Å². The second-order valence-electron chi connectivity index (χ2n) is 2.09. The molecule has 4 heteroatoms. The first kappa shape index (κ1) is 7.84. The van der Waals surface area contributed by atoms with Crippen LogP contribution in [-0.4, -0.2) is 31.3 Å². The quantitative estimate of drug-likeness (QED) is 0.369. The minimum absolute atomic E-state index is 0.264. The predicted octanol–water partition coefficient (Wildman–Crippen LogP) is -1.92. The first-order chi connectivity index (χ1) is 3.50. The molecule has 6 N–H and O–H groups in total. The van der Waals surface area contributed by atoms with E-state index >= 15 is 0 Å². The van der Waals surface area contributed by atoms with Gasteiger partial charge >= 0.3 is 0 Å². The summed E-state index contributed by atoms with van der Waals surface area (Å²) in [6.07, 6.45) is 0. The Morgan fingerprint density at radius 1 is 1.38 bits per heavy atom. The molecular formula is C4H14N4. The Kier molecular flexibility index (Phi) is 2.36. The normalized spacial score (nSPS) is 12.8. The molecule has 0 fully saturated rings. The van der Waals surface area contributed by atoms with E-state index in [1.165, 1.54) is 0 Å². The van der Waals surface area contributed by atoms with Crippen LogP contribution in [0.25, 0.3) is 0 Å². The Morgan fingerprint density at radius 3 is 1.75 bits per heavy atom. The maximum Gasteiger partial charge on any atom is 0.133 e. The number of nitrogens with zero attached hydrogens (tertiary/aromatic N) is 1. The second kappa shape index (κ2) is 2.41. The second-order valence-corrected chi connectivity index (χ2v) is 2.09. The van der Waals surface area contributed by atoms with E-state index in [-0.39, 0.29) is 6.54 Å². The van der Waals surface area contributed by atoms with Crippen LogP contribution >= 0.6 is 0 Å². The molecule has 50 valence electrons. The molecule has 0 amide bonds. The number of hydrogen-bond acceptors (Lipinski definition) is 4. The molecule has 0 radical (unpaired) electrons. The highest BCUT2D eigenvalue weighted by Gasteiger charge is 2.17. The third kappa shape index (κ3) is 1.75. The number of likely N-dealkylation sites (N-methyl/N-ethyl adjacent to an activating group) is 1. The third-order valence-corrected chi connectivity index (χ3v) is 1.16. The smallest absolute Gasteiger partial charge is 0.133 e. The van der Waals surface area contributed by atoms with Gasteiger partial charge in [0.05, 0.1) is 0 Å². The Hall–Kier alpha value is -0.160. The molecule has 0 rings (SSSR count). The lowest BCUT2D eigenvalue weighted by Gasteiger charge is -2.29. The van der Waals surface area contributed by atoms with Crippen molar-refractivity contribution < 1.29 is 0 Å². The van der Waals surface area contributed by atoms with Crippen molar-refractivity contribution in [2.75, 3.05) is 20.6 Å². The van der Waals surface area contributed by atoms with Crippen LogP contribution in [0.3, 0.4) is 0 Å². The lowest BCUT2D eigenvalue weighted by molar-refractivity contribution is 0.175. The summed E-state index contributed by atoms with van der Waals surface area (Å²) in [6, 6.07) is 0. The molecule has 0 aliphatic carbocycles. The molecule has 8 heavy (non-hydrogen) atoms. The Balaban J connectivity index is 3.71. The monoisotopic (exact) mass is 118 g/mol. The maximum absolute atomic E-state index is 5.44. The van der Waals surface area contributed by atoms with E-state index in [1.54, 1.807) is 19.0 Å². The molecule has 0 bridgehead atoms. The molecule has 0 aliphatic heterocycles. The van der Waals surface area contributed by atoms with Gasteiger partial charge in [0.25, 0.3) is 0 Å². The van der Waals surface area contributed by atoms with Gasteiger partial charge in [-0.1, -0.05) is 0 Å². The van der Waals surface area contributed by atoms with E-state index in [1.807, 2.05) is 0 Å². The summed E-state index contributed by atoms with van der Waals surface area (Å²) < 4.78 is 0. The number of hydrogen-bond donors (Lipinski definition) is 3. The minimum atomic E-state index is -0.847. The summed E-state index contributed by atoms with van der Waals surface area (Å²) in [5.74, 6) is -0.847. The van der Waals surface area contributed by atoms with Gasteiger partial charge in [-0.2, -0.15) is 0 Å². The highest BCUT2D eigenvalue weighted by atomic mass is 15.3. The fourth-order valence-electron chi connectivity index (χ4n) is 0.183. The molecule has 4 nitrogen and oxygen atoms in total. The molecule has 0 spiro atoms. The molecule has 0 saturated heterocycles. The Bertz CT molecular complexity index is 68.4. The highest BCUT2D eigenvalue weighted by molar-refractivity contribution is 4.72. The summed E-state index contributed by atoms with van der Waals surface area (Å²) in [5.41, 5.74) is 16.1. The largest absolute Gasteiger partial charge is 0.326 e. The number of rotatable bonds is 2. The van der Waals surface area contributed by atoms with Crippen LogP contribution < -0.4 is 17.2 Å². The van der Waals surface area contributed by atoms with E-state index in [9.17, 15) is 0 Å². The van der Waals surface area contributed by atoms with Crippen molar-refractivity contribution in [2.24, 2.45) is 17.2 Å². The molecular weight excluding hydrogens is 104 g/mol. The summed E-state index contributed by atoms with van der Waals surface area (Å²) in [5, 5.41) is 0. The van der Waals surface area contributed by atoms with E-state index in [0.717, 1.165) is 0 Å². The van der Waals surface area contributed by atoms with E-state index in [4.69, 9.17) is 17.2 Å². The van der Waals surface area contributed by atoms with E-state index in [2.05, 4.69) is 0 Å². The number of nitrogens with two attached hydrogens (primary N) is 3. The zero-order valence-corrected chi connectivity index (χ0v) is 5.39. The highest BCUT2D eigenvalue weighted by Crippen LogP contribution is 1.88. The summed E-state index contributed by atoms with van der Waals surface area (Å²) in [6.45, 7) is 0.264. The first-order valence-electron chi connectivity index (χ1n) is 2.46. The molecule has 0 atom stereocenters. The van der Waals surface area contributed by atoms with Gasteiger partial charge in [-0.3, -0.25) is 16.4 Å². The molecule has 0 aliphatic rings. The van der Waals surface area contributed by atoms with Crippen LogP contribution in [0.5, 0.6) is 0 Å². The topological polar surface area (TPSA) is 81.3 Å². The molecule has 0 heterocycles. The zero-order valence-electron chi connectivity index (χ0n) is 5.39. The van der Waals surface area contributed by atoms with Gasteiger partial charge in [-0.05, 0) is 14.1 Å². The molecule has 0 saturated carbocycles. The molecule has 0 aromatic carbocycles. The van der Waals surface area contributed by atoms with Crippen LogP contribution in [0.2, 0.25) is 0 Å². The van der Waals surface area contributed by atoms with Crippen LogP contribution in [0.15, 0.2) is 0 Å².